The lowest BCUT2D eigenvalue weighted by atomic mass is 10.5. The average molecular weight is 488 g/mol. The summed E-state index contributed by atoms with van der Waals surface area (Å²) < 4.78 is 25.8. The molecule has 14 heavy (non-hydrogen) atoms. The van der Waals surface area contributed by atoms with Crippen molar-refractivity contribution in [3.8, 4) is 0 Å². The number of thiophene rings is 1. The highest BCUT2D eigenvalue weighted by atomic mass is 79.9. The fraction of sp³-hybridized carbons (Fsp3) is 0. The van der Waals surface area contributed by atoms with E-state index < -0.39 is 9.84 Å². The first-order valence-electron chi connectivity index (χ1n) is 3.16. The Kier molecular flexibility index (Phi) is 3.08. The number of hydrogen-bond acceptors (Lipinski definition) is 3. The summed E-state index contributed by atoms with van der Waals surface area (Å²) in [7, 11) is -3.36. The molecule has 1 aromatic rings. The third-order valence-corrected chi connectivity index (χ3v) is 10.7. The Balaban J connectivity index is 2.93. The van der Waals surface area contributed by atoms with E-state index in [9.17, 15) is 8.42 Å². The van der Waals surface area contributed by atoms with E-state index in [4.69, 9.17) is 0 Å². The molecule has 1 aromatic heterocycles. The van der Waals surface area contributed by atoms with Crippen molar-refractivity contribution in [3.05, 3.63) is 17.0 Å². The van der Waals surface area contributed by atoms with Gasteiger partial charge in [0, 0.05) is 0 Å². The van der Waals surface area contributed by atoms with Crippen molar-refractivity contribution < 1.29 is 8.42 Å². The molecule has 0 aliphatic carbocycles. The van der Waals surface area contributed by atoms with Crippen LogP contribution >= 0.6 is 75.1 Å². The highest BCUT2D eigenvalue weighted by Crippen LogP contribution is 2.54. The molecule has 1 aliphatic rings. The van der Waals surface area contributed by atoms with Crippen molar-refractivity contribution in [3.63, 3.8) is 0 Å². The average Bonchev–Trinajstić information content (AvgIpc) is 2.47. The van der Waals surface area contributed by atoms with Gasteiger partial charge in [-0.1, -0.05) is 0 Å². The number of rotatable bonds is 0. The van der Waals surface area contributed by atoms with Crippen LogP contribution in [0.1, 0.15) is 4.88 Å². The van der Waals surface area contributed by atoms with Gasteiger partial charge in [-0.2, -0.15) is 0 Å². The van der Waals surface area contributed by atoms with Gasteiger partial charge in [-0.05, 0) is 63.7 Å². The van der Waals surface area contributed by atoms with Gasteiger partial charge in [0.05, 0.1) is 17.6 Å². The Morgan fingerprint density at radius 1 is 1.07 bits per heavy atom. The predicted molar refractivity (Wildman–Crippen MR) is 71.7 cm³/mol. The van der Waals surface area contributed by atoms with Crippen LogP contribution < -0.4 is 0 Å². The maximum atomic E-state index is 11.8. The highest BCUT2D eigenvalue weighted by Gasteiger charge is 2.38. The van der Waals surface area contributed by atoms with Crippen LogP contribution in [0.4, 0.5) is 0 Å². The molecular formula is C6Br4O2S2. The summed E-state index contributed by atoms with van der Waals surface area (Å²) in [6.45, 7) is 0. The fourth-order valence-electron chi connectivity index (χ4n) is 1.05. The molecule has 0 bridgehead atoms. The zero-order valence-electron chi connectivity index (χ0n) is 6.14. The Morgan fingerprint density at radius 3 is 2.14 bits per heavy atom. The monoisotopic (exact) mass is 484 g/mol. The van der Waals surface area contributed by atoms with Crippen molar-refractivity contribution in [1.29, 1.82) is 0 Å². The Hall–Kier alpha value is 1.31. The van der Waals surface area contributed by atoms with E-state index in [1.165, 1.54) is 11.3 Å². The molecule has 8 heteroatoms. The van der Waals surface area contributed by atoms with Crippen LogP contribution in [-0.4, -0.2) is 8.42 Å². The second-order valence-electron chi connectivity index (χ2n) is 2.44. The molecule has 0 fully saturated rings. The van der Waals surface area contributed by atoms with Gasteiger partial charge >= 0.3 is 0 Å². The molecule has 0 spiro atoms. The lowest BCUT2D eigenvalue weighted by Gasteiger charge is -1.95. The summed E-state index contributed by atoms with van der Waals surface area (Å²) in [5.74, 6) is 0. The molecular weight excluding hydrogens is 488 g/mol. The van der Waals surface area contributed by atoms with Gasteiger partial charge in [0.25, 0.3) is 0 Å². The van der Waals surface area contributed by atoms with E-state index in [1.807, 2.05) is 0 Å². The summed E-state index contributed by atoms with van der Waals surface area (Å²) in [6.07, 6.45) is 0. The van der Waals surface area contributed by atoms with Crippen molar-refractivity contribution in [2.45, 2.75) is 4.90 Å². The van der Waals surface area contributed by atoms with Gasteiger partial charge in [0.15, 0.2) is 0 Å². The topological polar surface area (TPSA) is 34.1 Å². The maximum Gasteiger partial charge on any atom is 0.216 e. The van der Waals surface area contributed by atoms with E-state index in [-0.39, 0.29) is 3.81 Å². The second kappa shape index (κ2) is 3.66. The van der Waals surface area contributed by atoms with Crippen molar-refractivity contribution in [2.75, 3.05) is 0 Å². The van der Waals surface area contributed by atoms with E-state index in [0.29, 0.717) is 13.9 Å². The molecule has 2 heterocycles. The fourth-order valence-corrected chi connectivity index (χ4v) is 7.65. The van der Waals surface area contributed by atoms with Crippen LogP contribution in [0.15, 0.2) is 17.0 Å². The third-order valence-electron chi connectivity index (χ3n) is 1.65. The molecule has 1 aliphatic heterocycles. The summed E-state index contributed by atoms with van der Waals surface area (Å²) in [5, 5.41) is 0. The Morgan fingerprint density at radius 2 is 1.64 bits per heavy atom. The summed E-state index contributed by atoms with van der Waals surface area (Å²) in [4.78, 5) is 1.05. The molecule has 0 saturated heterocycles. The van der Waals surface area contributed by atoms with Crippen LogP contribution in [0.5, 0.6) is 0 Å². The molecule has 0 atom stereocenters. The first-order chi connectivity index (χ1) is 6.37. The maximum absolute atomic E-state index is 11.8. The SMILES string of the molecule is O=S1(=O)C(Br)=C(Br)c2sc(Br)c(Br)c21. The molecule has 76 valence electrons. The highest BCUT2D eigenvalue weighted by molar-refractivity contribution is 9.17. The summed E-state index contributed by atoms with van der Waals surface area (Å²) in [6, 6.07) is 0. The van der Waals surface area contributed by atoms with E-state index >= 15 is 0 Å². The first kappa shape index (κ1) is 11.8. The van der Waals surface area contributed by atoms with Gasteiger partial charge < -0.3 is 0 Å². The second-order valence-corrected chi connectivity index (χ2v) is 9.50. The molecule has 0 unspecified atom stereocenters. The van der Waals surface area contributed by atoms with Crippen molar-refractivity contribution in [2.24, 2.45) is 0 Å². The van der Waals surface area contributed by atoms with Crippen molar-refractivity contribution in [1.82, 2.24) is 0 Å². The zero-order chi connectivity index (χ0) is 10.7. The van der Waals surface area contributed by atoms with Crippen LogP contribution in [0, 0.1) is 0 Å². The molecule has 2 rings (SSSR count). The molecule has 0 aromatic carbocycles. The normalized spacial score (nSPS) is 18.9. The molecule has 0 radical (unpaired) electrons. The smallest absolute Gasteiger partial charge is 0.216 e. The van der Waals surface area contributed by atoms with Crippen LogP contribution in [0.25, 0.3) is 4.48 Å². The standard InChI is InChI=1S/C6Br4O2S2/c7-1-3-4(2(8)5(9)13-3)14(11,12)6(1)10. The Labute approximate surface area is 118 Å². The Bertz CT molecular complexity index is 555. The van der Waals surface area contributed by atoms with Crippen LogP contribution in [0.3, 0.4) is 0 Å². The van der Waals surface area contributed by atoms with Crippen LogP contribution in [0.2, 0.25) is 0 Å². The van der Waals surface area contributed by atoms with E-state index in [0.717, 1.165) is 8.66 Å². The lowest BCUT2D eigenvalue weighted by molar-refractivity contribution is 0.605. The summed E-state index contributed by atoms with van der Waals surface area (Å²) in [5.41, 5.74) is 0. The number of hydrogen-bond donors (Lipinski definition) is 0. The predicted octanol–water partition coefficient (Wildman–Crippen LogP) is 4.48. The van der Waals surface area contributed by atoms with Gasteiger partial charge in [-0.3, -0.25) is 0 Å². The molecule has 0 saturated carbocycles. The van der Waals surface area contributed by atoms with Crippen molar-refractivity contribution >= 4 is 89.4 Å². The van der Waals surface area contributed by atoms with E-state index in [1.54, 1.807) is 0 Å². The van der Waals surface area contributed by atoms with E-state index in [2.05, 4.69) is 63.7 Å². The van der Waals surface area contributed by atoms with Gasteiger partial charge in [-0.15, -0.1) is 11.3 Å². The molecule has 2 nitrogen and oxygen atoms in total. The quantitative estimate of drug-likeness (QED) is 0.541. The zero-order valence-corrected chi connectivity index (χ0v) is 14.1. The van der Waals surface area contributed by atoms with Gasteiger partial charge in [0.2, 0.25) is 9.84 Å². The van der Waals surface area contributed by atoms with Gasteiger partial charge in [0.1, 0.15) is 8.71 Å². The molecule has 0 N–H and O–H groups in total. The minimum absolute atomic E-state index is 0.194. The number of halogens is 4. The number of fused-ring (bicyclic) bond motifs is 1. The number of sulfone groups is 1. The van der Waals surface area contributed by atoms with Gasteiger partial charge in [-0.25, -0.2) is 8.42 Å². The first-order valence-corrected chi connectivity index (χ1v) is 8.63. The minimum Gasteiger partial charge on any atom is -0.218 e. The third kappa shape index (κ3) is 1.45. The summed E-state index contributed by atoms with van der Waals surface area (Å²) >= 11 is 14.2. The minimum atomic E-state index is -3.36. The largest absolute Gasteiger partial charge is 0.218 e. The molecule has 0 amide bonds. The lowest BCUT2D eigenvalue weighted by Crippen LogP contribution is -1.95. The van der Waals surface area contributed by atoms with Crippen LogP contribution in [-0.2, 0) is 9.84 Å².